The summed E-state index contributed by atoms with van der Waals surface area (Å²) in [4.78, 5) is 0.427. The van der Waals surface area contributed by atoms with Gasteiger partial charge in [0.05, 0.1) is 4.90 Å². The normalized spacial score (nSPS) is 15.9. The minimum Gasteiger partial charge on any atom is -0.224 e. The zero-order chi connectivity index (χ0) is 11.6. The van der Waals surface area contributed by atoms with E-state index in [9.17, 15) is 8.42 Å². The summed E-state index contributed by atoms with van der Waals surface area (Å²) in [5, 5.41) is 0. The van der Waals surface area contributed by atoms with Gasteiger partial charge in [0.2, 0.25) is 0 Å². The first kappa shape index (κ1) is 11.1. The van der Waals surface area contributed by atoms with Crippen LogP contribution in [0.5, 0.6) is 0 Å². The first-order chi connectivity index (χ1) is 7.59. The van der Waals surface area contributed by atoms with E-state index in [-0.39, 0.29) is 0 Å². The van der Waals surface area contributed by atoms with Gasteiger partial charge in [0.25, 0.3) is 0 Å². The summed E-state index contributed by atoms with van der Waals surface area (Å²) in [6.45, 7) is 0. The van der Waals surface area contributed by atoms with Gasteiger partial charge in [-0.25, -0.2) is 8.42 Å². The van der Waals surface area contributed by atoms with Crippen molar-refractivity contribution in [3.05, 3.63) is 48.1 Å². The van der Waals surface area contributed by atoms with Gasteiger partial charge in [0.1, 0.15) is 0 Å². The Morgan fingerprint density at radius 2 is 1.94 bits per heavy atom. The topological polar surface area (TPSA) is 34.1 Å². The fourth-order valence-corrected chi connectivity index (χ4v) is 2.81. The number of hydrogen-bond acceptors (Lipinski definition) is 2. The van der Waals surface area contributed by atoms with E-state index in [0.717, 1.165) is 24.0 Å². The molecule has 0 spiro atoms. The molecule has 84 valence electrons. The largest absolute Gasteiger partial charge is 0.224 e. The van der Waals surface area contributed by atoms with Crippen LogP contribution in [0.4, 0.5) is 0 Å². The van der Waals surface area contributed by atoms with Crippen molar-refractivity contribution in [3.63, 3.8) is 0 Å². The van der Waals surface area contributed by atoms with Crippen molar-refractivity contribution in [2.75, 3.05) is 6.26 Å². The van der Waals surface area contributed by atoms with Gasteiger partial charge >= 0.3 is 0 Å². The van der Waals surface area contributed by atoms with Crippen molar-refractivity contribution in [2.45, 2.75) is 17.7 Å². The molecule has 0 aliphatic heterocycles. The molecule has 0 atom stereocenters. The summed E-state index contributed by atoms with van der Waals surface area (Å²) in [5.41, 5.74) is 1.94. The smallest absolute Gasteiger partial charge is 0.176 e. The molecule has 0 aromatic heterocycles. The Morgan fingerprint density at radius 3 is 2.56 bits per heavy atom. The van der Waals surface area contributed by atoms with Gasteiger partial charge in [-0.05, 0) is 30.0 Å². The summed E-state index contributed by atoms with van der Waals surface area (Å²) in [5.74, 6) is 0. The van der Waals surface area contributed by atoms with Crippen LogP contribution in [-0.2, 0) is 9.84 Å². The van der Waals surface area contributed by atoms with Crippen LogP contribution < -0.4 is 0 Å². The van der Waals surface area contributed by atoms with E-state index in [1.165, 1.54) is 6.26 Å². The predicted octanol–water partition coefficient (Wildman–Crippen LogP) is 2.82. The number of rotatable bonds is 2. The minimum atomic E-state index is -3.15. The maximum absolute atomic E-state index is 11.7. The molecule has 0 radical (unpaired) electrons. The van der Waals surface area contributed by atoms with Gasteiger partial charge in [0.15, 0.2) is 9.84 Å². The van der Waals surface area contributed by atoms with Crippen molar-refractivity contribution in [1.82, 2.24) is 0 Å². The molecule has 0 amide bonds. The number of allylic oxidation sites excluding steroid dienone is 4. The first-order valence-corrected chi connectivity index (χ1v) is 7.13. The van der Waals surface area contributed by atoms with Crippen LogP contribution in [0, 0.1) is 0 Å². The lowest BCUT2D eigenvalue weighted by Crippen LogP contribution is -2.02. The molecule has 1 aliphatic rings. The lowest BCUT2D eigenvalue weighted by molar-refractivity contribution is 0.601. The summed E-state index contributed by atoms with van der Waals surface area (Å²) in [7, 11) is -3.15. The molecule has 1 aromatic rings. The molecular weight excluding hydrogens is 220 g/mol. The van der Waals surface area contributed by atoms with E-state index in [1.807, 2.05) is 24.3 Å². The Bertz CT molecular complexity index is 551. The van der Waals surface area contributed by atoms with Crippen LogP contribution in [0.2, 0.25) is 0 Å². The SMILES string of the molecule is CS(=O)(=O)c1ccccc1C1=CC=CCC1. The lowest BCUT2D eigenvalue weighted by atomic mass is 9.97. The van der Waals surface area contributed by atoms with Crippen LogP contribution in [0.1, 0.15) is 18.4 Å². The third-order valence-corrected chi connectivity index (χ3v) is 3.80. The molecule has 0 N–H and O–H groups in total. The van der Waals surface area contributed by atoms with Crippen LogP contribution >= 0.6 is 0 Å². The third kappa shape index (κ3) is 2.25. The van der Waals surface area contributed by atoms with Crippen LogP contribution in [-0.4, -0.2) is 14.7 Å². The molecule has 2 nitrogen and oxygen atoms in total. The highest BCUT2D eigenvalue weighted by molar-refractivity contribution is 7.90. The molecule has 0 bridgehead atoms. The van der Waals surface area contributed by atoms with E-state index in [0.29, 0.717) is 4.90 Å². The second-order valence-corrected chi connectivity index (χ2v) is 5.91. The highest BCUT2D eigenvalue weighted by Crippen LogP contribution is 2.28. The predicted molar refractivity (Wildman–Crippen MR) is 65.9 cm³/mol. The van der Waals surface area contributed by atoms with Gasteiger partial charge in [-0.3, -0.25) is 0 Å². The van der Waals surface area contributed by atoms with Crippen molar-refractivity contribution >= 4 is 15.4 Å². The molecule has 16 heavy (non-hydrogen) atoms. The summed E-state index contributed by atoms with van der Waals surface area (Å²) in [6.07, 6.45) is 9.20. The maximum atomic E-state index is 11.7. The van der Waals surface area contributed by atoms with E-state index in [4.69, 9.17) is 0 Å². The maximum Gasteiger partial charge on any atom is 0.176 e. The number of benzene rings is 1. The molecule has 1 aromatic carbocycles. The van der Waals surface area contributed by atoms with Crippen molar-refractivity contribution < 1.29 is 8.42 Å². The van der Waals surface area contributed by atoms with Crippen LogP contribution in [0.25, 0.3) is 5.57 Å². The van der Waals surface area contributed by atoms with Crippen molar-refractivity contribution in [1.29, 1.82) is 0 Å². The molecule has 0 fully saturated rings. The Morgan fingerprint density at radius 1 is 1.19 bits per heavy atom. The second kappa shape index (κ2) is 4.26. The monoisotopic (exact) mass is 234 g/mol. The fraction of sp³-hybridized carbons (Fsp3) is 0.231. The molecule has 2 rings (SSSR count). The zero-order valence-electron chi connectivity index (χ0n) is 9.18. The van der Waals surface area contributed by atoms with E-state index < -0.39 is 9.84 Å². The molecular formula is C13H14O2S. The van der Waals surface area contributed by atoms with Crippen LogP contribution in [0.3, 0.4) is 0 Å². The number of sulfone groups is 1. The Hall–Kier alpha value is -1.35. The molecule has 0 heterocycles. The standard InChI is InChI=1S/C13H14O2S/c1-16(14,15)13-10-6-5-9-12(13)11-7-3-2-4-8-11/h2-3,5-7,9-10H,4,8H2,1H3. The zero-order valence-corrected chi connectivity index (χ0v) is 10.00. The highest BCUT2D eigenvalue weighted by atomic mass is 32.2. The highest BCUT2D eigenvalue weighted by Gasteiger charge is 2.15. The van der Waals surface area contributed by atoms with Gasteiger partial charge in [-0.2, -0.15) is 0 Å². The summed E-state index contributed by atoms with van der Waals surface area (Å²) in [6, 6.07) is 7.19. The fourth-order valence-electron chi connectivity index (χ4n) is 1.88. The Balaban J connectivity index is 2.57. The van der Waals surface area contributed by atoms with Crippen molar-refractivity contribution in [2.24, 2.45) is 0 Å². The van der Waals surface area contributed by atoms with Gasteiger partial charge in [-0.15, -0.1) is 0 Å². The Labute approximate surface area is 96.2 Å². The molecule has 0 saturated heterocycles. The summed E-state index contributed by atoms with van der Waals surface area (Å²) < 4.78 is 23.3. The van der Waals surface area contributed by atoms with E-state index in [1.54, 1.807) is 12.1 Å². The summed E-state index contributed by atoms with van der Waals surface area (Å²) >= 11 is 0. The molecule has 0 unspecified atom stereocenters. The van der Waals surface area contributed by atoms with Gasteiger partial charge < -0.3 is 0 Å². The lowest BCUT2D eigenvalue weighted by Gasteiger charge is -2.12. The Kier molecular flexibility index (Phi) is 2.97. The van der Waals surface area contributed by atoms with E-state index >= 15 is 0 Å². The average molecular weight is 234 g/mol. The van der Waals surface area contributed by atoms with Crippen LogP contribution in [0.15, 0.2) is 47.4 Å². The molecule has 1 aliphatic carbocycles. The van der Waals surface area contributed by atoms with E-state index in [2.05, 4.69) is 6.08 Å². The average Bonchev–Trinajstić information content (AvgIpc) is 2.29. The first-order valence-electron chi connectivity index (χ1n) is 5.24. The molecule has 3 heteroatoms. The number of hydrogen-bond donors (Lipinski definition) is 0. The second-order valence-electron chi connectivity index (χ2n) is 3.93. The van der Waals surface area contributed by atoms with Gasteiger partial charge in [-0.1, -0.05) is 36.4 Å². The van der Waals surface area contributed by atoms with Crippen molar-refractivity contribution in [3.8, 4) is 0 Å². The quantitative estimate of drug-likeness (QED) is 0.788. The molecule has 0 saturated carbocycles. The minimum absolute atomic E-state index is 0.427. The van der Waals surface area contributed by atoms with Gasteiger partial charge in [0, 0.05) is 6.26 Å². The third-order valence-electron chi connectivity index (χ3n) is 2.65.